The van der Waals surface area contributed by atoms with Crippen LogP contribution in [0.1, 0.15) is 47.0 Å². The quantitative estimate of drug-likeness (QED) is 0.762. The maximum absolute atomic E-state index is 11.9. The van der Waals surface area contributed by atoms with E-state index in [0.717, 1.165) is 13.0 Å². The van der Waals surface area contributed by atoms with Crippen LogP contribution in [0.2, 0.25) is 0 Å². The summed E-state index contributed by atoms with van der Waals surface area (Å²) in [6.07, 6.45) is 3.23. The predicted octanol–water partition coefficient (Wildman–Crippen LogP) is 1.79. The lowest BCUT2D eigenvalue weighted by Gasteiger charge is -2.40. The molecule has 0 spiro atoms. The Kier molecular flexibility index (Phi) is 4.78. The van der Waals surface area contributed by atoms with Crippen LogP contribution in [-0.2, 0) is 9.53 Å². The number of likely N-dealkylation sites (N-methyl/N-ethyl adjacent to an activating group) is 1. The van der Waals surface area contributed by atoms with E-state index in [2.05, 4.69) is 31.0 Å². The topological polar surface area (TPSA) is 41.6 Å². The number of hydrogen-bond donors (Lipinski definition) is 1. The van der Waals surface area contributed by atoms with E-state index in [4.69, 9.17) is 4.74 Å². The molecule has 18 heavy (non-hydrogen) atoms. The number of rotatable bonds is 5. The second-order valence-electron chi connectivity index (χ2n) is 6.24. The number of nitrogens with one attached hydrogen (secondary N) is 1. The molecule has 1 fully saturated rings. The third kappa shape index (κ3) is 3.04. The molecule has 1 aliphatic heterocycles. The number of hydrogen-bond acceptors (Lipinski definition) is 4. The van der Waals surface area contributed by atoms with Gasteiger partial charge in [0, 0.05) is 11.6 Å². The molecule has 1 heterocycles. The summed E-state index contributed by atoms with van der Waals surface area (Å²) in [5, 5.41) is 3.11. The van der Waals surface area contributed by atoms with Crippen molar-refractivity contribution in [1.82, 2.24) is 10.2 Å². The lowest BCUT2D eigenvalue weighted by Crippen LogP contribution is -2.54. The normalized spacial score (nSPS) is 24.6. The Bertz CT molecular complexity index is 304. The summed E-state index contributed by atoms with van der Waals surface area (Å²) in [6.45, 7) is 9.80. The van der Waals surface area contributed by atoms with Crippen molar-refractivity contribution in [3.63, 3.8) is 0 Å². The Labute approximate surface area is 111 Å². The van der Waals surface area contributed by atoms with Crippen molar-refractivity contribution in [2.45, 2.75) is 64.1 Å². The highest BCUT2D eigenvalue weighted by Gasteiger charge is 2.40. The molecule has 0 aromatic rings. The minimum absolute atomic E-state index is 0.186. The van der Waals surface area contributed by atoms with Gasteiger partial charge in [-0.3, -0.25) is 9.69 Å². The highest BCUT2D eigenvalue weighted by atomic mass is 16.5. The Hall–Kier alpha value is -0.610. The number of esters is 1. The van der Waals surface area contributed by atoms with Gasteiger partial charge in [-0.2, -0.15) is 0 Å². The van der Waals surface area contributed by atoms with Gasteiger partial charge in [-0.05, 0) is 60.5 Å². The van der Waals surface area contributed by atoms with Crippen LogP contribution in [-0.4, -0.2) is 48.7 Å². The fourth-order valence-corrected chi connectivity index (χ4v) is 3.16. The molecule has 106 valence electrons. The van der Waals surface area contributed by atoms with Gasteiger partial charge in [-0.25, -0.2) is 0 Å². The smallest absolute Gasteiger partial charge is 0.325 e. The summed E-state index contributed by atoms with van der Waals surface area (Å²) < 4.78 is 4.90. The maximum Gasteiger partial charge on any atom is 0.325 e. The maximum atomic E-state index is 11.9. The van der Waals surface area contributed by atoms with Gasteiger partial charge in [-0.15, -0.1) is 0 Å². The zero-order valence-corrected chi connectivity index (χ0v) is 12.7. The average molecular weight is 256 g/mol. The molecular weight excluding hydrogens is 228 g/mol. The Balaban J connectivity index is 2.73. The number of carbonyl (C=O) groups excluding carboxylic acids is 1. The molecule has 1 rings (SSSR count). The summed E-state index contributed by atoms with van der Waals surface area (Å²) in [7, 11) is 3.27. The van der Waals surface area contributed by atoms with Gasteiger partial charge in [-0.1, -0.05) is 0 Å². The number of likely N-dealkylation sites (tertiary alicyclic amines) is 1. The van der Waals surface area contributed by atoms with Gasteiger partial charge in [0.1, 0.15) is 5.54 Å². The number of methoxy groups -OCH3 is 1. The lowest BCUT2D eigenvalue weighted by molar-refractivity contribution is -0.148. The number of nitrogens with zero attached hydrogens (tertiary/aromatic N) is 1. The van der Waals surface area contributed by atoms with Crippen molar-refractivity contribution in [3.05, 3.63) is 0 Å². The first-order valence-corrected chi connectivity index (χ1v) is 6.81. The second kappa shape index (κ2) is 5.57. The number of ether oxygens (including phenoxy) is 1. The summed E-state index contributed by atoms with van der Waals surface area (Å²) in [5.41, 5.74) is -0.364. The summed E-state index contributed by atoms with van der Waals surface area (Å²) >= 11 is 0. The standard InChI is InChI=1S/C14H28N2O2/c1-11(16-9-7-8-13(16,2)3)10-14(4,15-5)12(17)18-6/h11,15H,7-10H2,1-6H3. The molecule has 0 aliphatic carbocycles. The van der Waals surface area contributed by atoms with Crippen LogP contribution < -0.4 is 5.32 Å². The Morgan fingerprint density at radius 1 is 1.56 bits per heavy atom. The fourth-order valence-electron chi connectivity index (χ4n) is 3.16. The first kappa shape index (κ1) is 15.4. The largest absolute Gasteiger partial charge is 0.468 e. The molecule has 1 aliphatic rings. The minimum atomic E-state index is -0.604. The molecule has 0 aromatic carbocycles. The highest BCUT2D eigenvalue weighted by molar-refractivity contribution is 5.80. The van der Waals surface area contributed by atoms with Crippen molar-refractivity contribution < 1.29 is 9.53 Å². The molecule has 4 heteroatoms. The molecule has 0 aromatic heterocycles. The van der Waals surface area contributed by atoms with Crippen LogP contribution in [0.4, 0.5) is 0 Å². The third-order valence-corrected chi connectivity index (χ3v) is 4.39. The average Bonchev–Trinajstić information content (AvgIpc) is 2.67. The molecular formula is C14H28N2O2. The molecule has 2 unspecified atom stereocenters. The zero-order chi connectivity index (χ0) is 14.0. The van der Waals surface area contributed by atoms with Gasteiger partial charge >= 0.3 is 5.97 Å². The van der Waals surface area contributed by atoms with E-state index in [0.29, 0.717) is 6.04 Å². The molecule has 0 saturated carbocycles. The van der Waals surface area contributed by atoms with Gasteiger partial charge in [0.2, 0.25) is 0 Å². The van der Waals surface area contributed by atoms with E-state index in [1.165, 1.54) is 20.0 Å². The zero-order valence-electron chi connectivity index (χ0n) is 12.7. The van der Waals surface area contributed by atoms with Gasteiger partial charge in [0.25, 0.3) is 0 Å². The van der Waals surface area contributed by atoms with Gasteiger partial charge in [0.05, 0.1) is 7.11 Å². The predicted molar refractivity (Wildman–Crippen MR) is 73.6 cm³/mol. The van der Waals surface area contributed by atoms with Crippen LogP contribution in [0.25, 0.3) is 0 Å². The fraction of sp³-hybridized carbons (Fsp3) is 0.929. The highest BCUT2D eigenvalue weighted by Crippen LogP contribution is 2.32. The molecule has 1 N–H and O–H groups in total. The van der Waals surface area contributed by atoms with Crippen molar-refractivity contribution in [3.8, 4) is 0 Å². The third-order valence-electron chi connectivity index (χ3n) is 4.39. The summed E-state index contributed by atoms with van der Waals surface area (Å²) in [4.78, 5) is 14.4. The summed E-state index contributed by atoms with van der Waals surface area (Å²) in [5.74, 6) is -0.186. The van der Waals surface area contributed by atoms with E-state index in [9.17, 15) is 4.79 Å². The van der Waals surface area contributed by atoms with E-state index < -0.39 is 5.54 Å². The van der Waals surface area contributed by atoms with E-state index in [1.54, 1.807) is 0 Å². The second-order valence-corrected chi connectivity index (χ2v) is 6.24. The molecule has 1 saturated heterocycles. The molecule has 0 amide bonds. The van der Waals surface area contributed by atoms with Gasteiger partial charge < -0.3 is 10.1 Å². The Morgan fingerprint density at radius 3 is 2.56 bits per heavy atom. The minimum Gasteiger partial charge on any atom is -0.468 e. The van der Waals surface area contributed by atoms with Crippen LogP contribution in [0.5, 0.6) is 0 Å². The van der Waals surface area contributed by atoms with E-state index in [1.807, 2.05) is 14.0 Å². The molecule has 4 nitrogen and oxygen atoms in total. The summed E-state index contributed by atoms with van der Waals surface area (Å²) in [6, 6.07) is 0.360. The van der Waals surface area contributed by atoms with Crippen LogP contribution in [0.3, 0.4) is 0 Å². The SMILES string of the molecule is CNC(C)(CC(C)N1CCCC1(C)C)C(=O)OC. The van der Waals surface area contributed by atoms with Crippen molar-refractivity contribution in [2.24, 2.45) is 0 Å². The first-order chi connectivity index (χ1) is 8.27. The first-order valence-electron chi connectivity index (χ1n) is 6.81. The molecule has 0 radical (unpaired) electrons. The monoisotopic (exact) mass is 256 g/mol. The van der Waals surface area contributed by atoms with Gasteiger partial charge in [0.15, 0.2) is 0 Å². The lowest BCUT2D eigenvalue weighted by atomic mass is 9.91. The molecule has 2 atom stereocenters. The van der Waals surface area contributed by atoms with E-state index in [-0.39, 0.29) is 11.5 Å². The van der Waals surface area contributed by atoms with Crippen molar-refractivity contribution in [1.29, 1.82) is 0 Å². The number of carbonyl (C=O) groups is 1. The van der Waals surface area contributed by atoms with Crippen LogP contribution in [0.15, 0.2) is 0 Å². The van der Waals surface area contributed by atoms with Crippen LogP contribution >= 0.6 is 0 Å². The molecule has 0 bridgehead atoms. The van der Waals surface area contributed by atoms with Crippen LogP contribution in [0, 0.1) is 0 Å². The Morgan fingerprint density at radius 2 is 2.17 bits per heavy atom. The van der Waals surface area contributed by atoms with E-state index >= 15 is 0 Å². The van der Waals surface area contributed by atoms with Crippen molar-refractivity contribution >= 4 is 5.97 Å². The van der Waals surface area contributed by atoms with Crippen molar-refractivity contribution in [2.75, 3.05) is 20.7 Å².